The summed E-state index contributed by atoms with van der Waals surface area (Å²) in [5.41, 5.74) is 0. The molecule has 2 aliphatic rings. The summed E-state index contributed by atoms with van der Waals surface area (Å²) in [6, 6.07) is 0.380. The van der Waals surface area contributed by atoms with Gasteiger partial charge in [0.25, 0.3) is 10.2 Å². The predicted molar refractivity (Wildman–Crippen MR) is 80.9 cm³/mol. The summed E-state index contributed by atoms with van der Waals surface area (Å²) in [6.07, 6.45) is 1.85. The molecule has 0 amide bonds. The molecule has 7 heteroatoms. The first-order valence-electron chi connectivity index (χ1n) is 7.79. The van der Waals surface area contributed by atoms with Crippen molar-refractivity contribution < 1.29 is 8.42 Å². The van der Waals surface area contributed by atoms with Gasteiger partial charge in [0, 0.05) is 38.8 Å². The maximum atomic E-state index is 12.7. The molecule has 0 aromatic rings. The quantitative estimate of drug-likeness (QED) is 0.773. The molecule has 2 fully saturated rings. The van der Waals surface area contributed by atoms with Crippen LogP contribution in [0.5, 0.6) is 0 Å². The topological polar surface area (TPSA) is 55.9 Å². The summed E-state index contributed by atoms with van der Waals surface area (Å²) < 4.78 is 28.7. The Balaban J connectivity index is 2.00. The van der Waals surface area contributed by atoms with E-state index in [1.54, 1.807) is 8.61 Å². The van der Waals surface area contributed by atoms with E-state index in [1.165, 1.54) is 0 Å². The molecule has 0 aromatic heterocycles. The van der Waals surface area contributed by atoms with E-state index in [4.69, 9.17) is 0 Å². The van der Waals surface area contributed by atoms with Crippen molar-refractivity contribution in [2.45, 2.75) is 32.7 Å². The molecule has 0 radical (unpaired) electrons. The van der Waals surface area contributed by atoms with E-state index in [0.29, 0.717) is 32.2 Å². The highest BCUT2D eigenvalue weighted by molar-refractivity contribution is 7.86. The summed E-state index contributed by atoms with van der Waals surface area (Å²) in [5, 5.41) is 3.25. The van der Waals surface area contributed by atoms with Crippen molar-refractivity contribution >= 4 is 10.2 Å². The van der Waals surface area contributed by atoms with E-state index in [0.717, 1.165) is 39.0 Å². The molecule has 2 heterocycles. The lowest BCUT2D eigenvalue weighted by Gasteiger charge is -2.28. The van der Waals surface area contributed by atoms with Crippen molar-refractivity contribution in [1.29, 1.82) is 0 Å². The molecule has 1 N–H and O–H groups in total. The molecule has 2 saturated heterocycles. The smallest absolute Gasteiger partial charge is 0.282 e. The minimum absolute atomic E-state index is 0.380. The average Bonchev–Trinajstić information content (AvgIpc) is 2.76. The van der Waals surface area contributed by atoms with Crippen LogP contribution in [0.1, 0.15) is 26.7 Å². The van der Waals surface area contributed by atoms with Gasteiger partial charge in [0.2, 0.25) is 0 Å². The molecule has 2 aliphatic heterocycles. The Labute approximate surface area is 123 Å². The van der Waals surface area contributed by atoms with Gasteiger partial charge in [-0.1, -0.05) is 13.8 Å². The first kappa shape index (κ1) is 16.2. The van der Waals surface area contributed by atoms with Gasteiger partial charge in [0.05, 0.1) is 0 Å². The monoisotopic (exact) mass is 304 g/mol. The van der Waals surface area contributed by atoms with Gasteiger partial charge in [0.1, 0.15) is 0 Å². The van der Waals surface area contributed by atoms with Gasteiger partial charge >= 0.3 is 0 Å². The lowest BCUT2D eigenvalue weighted by atomic mass is 10.2. The fourth-order valence-electron chi connectivity index (χ4n) is 3.17. The molecule has 0 aliphatic carbocycles. The highest BCUT2D eigenvalue weighted by Gasteiger charge is 2.36. The Kier molecular flexibility index (Phi) is 5.80. The first-order chi connectivity index (χ1) is 9.59. The Morgan fingerprint density at radius 3 is 2.55 bits per heavy atom. The Hall–Kier alpha value is -0.210. The molecule has 1 atom stereocenters. The molecule has 2 rings (SSSR count). The van der Waals surface area contributed by atoms with Crippen LogP contribution in [-0.2, 0) is 10.2 Å². The van der Waals surface area contributed by atoms with Crippen LogP contribution < -0.4 is 5.32 Å². The highest BCUT2D eigenvalue weighted by atomic mass is 32.2. The predicted octanol–water partition coefficient (Wildman–Crippen LogP) is -0.0574. The zero-order chi connectivity index (χ0) is 14.6. The molecule has 118 valence electrons. The second-order valence-electron chi connectivity index (χ2n) is 5.53. The number of nitrogens with one attached hydrogen (secondary N) is 1. The zero-order valence-electron chi connectivity index (χ0n) is 12.7. The second kappa shape index (κ2) is 7.17. The third-order valence-corrected chi connectivity index (χ3v) is 6.41. The highest BCUT2D eigenvalue weighted by Crippen LogP contribution is 2.21. The Morgan fingerprint density at radius 2 is 1.85 bits per heavy atom. The van der Waals surface area contributed by atoms with Gasteiger partial charge in [-0.2, -0.15) is 17.0 Å². The van der Waals surface area contributed by atoms with E-state index in [9.17, 15) is 8.42 Å². The molecule has 0 aromatic carbocycles. The summed E-state index contributed by atoms with van der Waals surface area (Å²) >= 11 is 0. The SMILES string of the molecule is CCN(CC)C1CCN(S(=O)(=O)N2CCCNCC2)C1. The van der Waals surface area contributed by atoms with Gasteiger partial charge in [0.15, 0.2) is 0 Å². The number of hydrogen-bond acceptors (Lipinski definition) is 4. The number of hydrogen-bond donors (Lipinski definition) is 1. The third kappa shape index (κ3) is 3.51. The normalized spacial score (nSPS) is 27.1. The fraction of sp³-hybridized carbons (Fsp3) is 1.00. The summed E-state index contributed by atoms with van der Waals surface area (Å²) in [6.45, 7) is 10.5. The first-order valence-corrected chi connectivity index (χ1v) is 9.19. The zero-order valence-corrected chi connectivity index (χ0v) is 13.5. The minimum Gasteiger partial charge on any atom is -0.315 e. The molecule has 0 bridgehead atoms. The van der Waals surface area contributed by atoms with Crippen LogP contribution in [0.4, 0.5) is 0 Å². The maximum Gasteiger partial charge on any atom is 0.282 e. The van der Waals surface area contributed by atoms with Crippen molar-refractivity contribution in [2.24, 2.45) is 0 Å². The van der Waals surface area contributed by atoms with Crippen molar-refractivity contribution in [3.63, 3.8) is 0 Å². The van der Waals surface area contributed by atoms with Crippen molar-refractivity contribution in [2.75, 3.05) is 52.4 Å². The summed E-state index contributed by atoms with van der Waals surface area (Å²) in [7, 11) is -3.27. The molecule has 1 unspecified atom stereocenters. The molecule has 0 spiro atoms. The molecule has 0 saturated carbocycles. The summed E-state index contributed by atoms with van der Waals surface area (Å²) in [4.78, 5) is 2.36. The van der Waals surface area contributed by atoms with Crippen LogP contribution in [0.15, 0.2) is 0 Å². The largest absolute Gasteiger partial charge is 0.315 e. The third-order valence-electron chi connectivity index (χ3n) is 4.41. The Bertz CT molecular complexity index is 389. The van der Waals surface area contributed by atoms with E-state index >= 15 is 0 Å². The molecular formula is C13H28N4O2S. The maximum absolute atomic E-state index is 12.7. The van der Waals surface area contributed by atoms with Crippen molar-refractivity contribution in [3.05, 3.63) is 0 Å². The molecular weight excluding hydrogens is 276 g/mol. The lowest BCUT2D eigenvalue weighted by Crippen LogP contribution is -2.45. The van der Waals surface area contributed by atoms with Crippen molar-refractivity contribution in [1.82, 2.24) is 18.8 Å². The molecule has 20 heavy (non-hydrogen) atoms. The lowest BCUT2D eigenvalue weighted by molar-refractivity contribution is 0.223. The molecule has 6 nitrogen and oxygen atoms in total. The van der Waals surface area contributed by atoms with E-state index in [-0.39, 0.29) is 0 Å². The average molecular weight is 304 g/mol. The standard InChI is InChI=1S/C13H28N4O2S/c1-3-15(4-2)13-6-10-17(12-13)20(18,19)16-9-5-7-14-8-11-16/h13-14H,3-12H2,1-2H3. The van der Waals surface area contributed by atoms with Gasteiger partial charge in [-0.15, -0.1) is 0 Å². The number of nitrogens with zero attached hydrogens (tertiary/aromatic N) is 3. The van der Waals surface area contributed by atoms with Crippen LogP contribution in [0.3, 0.4) is 0 Å². The summed E-state index contributed by atoms with van der Waals surface area (Å²) in [5.74, 6) is 0. The van der Waals surface area contributed by atoms with Gasteiger partial charge < -0.3 is 5.32 Å². The van der Waals surface area contributed by atoms with E-state index in [2.05, 4.69) is 24.1 Å². The van der Waals surface area contributed by atoms with Crippen LogP contribution in [-0.4, -0.2) is 80.3 Å². The number of likely N-dealkylation sites (N-methyl/N-ethyl adjacent to an activating group) is 1. The van der Waals surface area contributed by atoms with Gasteiger partial charge in [-0.25, -0.2) is 0 Å². The van der Waals surface area contributed by atoms with Gasteiger partial charge in [-0.05, 0) is 32.5 Å². The second-order valence-corrected chi connectivity index (χ2v) is 7.46. The van der Waals surface area contributed by atoms with Crippen LogP contribution in [0.25, 0.3) is 0 Å². The van der Waals surface area contributed by atoms with Gasteiger partial charge in [-0.3, -0.25) is 4.90 Å². The van der Waals surface area contributed by atoms with E-state index in [1.807, 2.05) is 0 Å². The van der Waals surface area contributed by atoms with Crippen LogP contribution in [0, 0.1) is 0 Å². The number of rotatable bonds is 5. The van der Waals surface area contributed by atoms with Crippen LogP contribution in [0.2, 0.25) is 0 Å². The minimum atomic E-state index is -3.27. The Morgan fingerprint density at radius 1 is 1.10 bits per heavy atom. The van der Waals surface area contributed by atoms with E-state index < -0.39 is 10.2 Å². The van der Waals surface area contributed by atoms with Crippen molar-refractivity contribution in [3.8, 4) is 0 Å². The van der Waals surface area contributed by atoms with Crippen LogP contribution >= 0.6 is 0 Å². The fourth-order valence-corrected chi connectivity index (χ4v) is 4.88.